The molecular formula is C23H24Cl2N4O3. The summed E-state index contributed by atoms with van der Waals surface area (Å²) in [6, 6.07) is 4.49. The highest BCUT2D eigenvalue weighted by Crippen LogP contribution is 2.37. The Kier molecular flexibility index (Phi) is 6.31. The van der Waals surface area contributed by atoms with Crippen LogP contribution in [0.2, 0.25) is 5.02 Å². The molecule has 1 fully saturated rings. The number of allylic oxidation sites excluding steroid dienone is 4. The van der Waals surface area contributed by atoms with Crippen LogP contribution in [0, 0.1) is 17.0 Å². The van der Waals surface area contributed by atoms with Crippen LogP contribution >= 0.6 is 23.2 Å². The zero-order valence-corrected chi connectivity index (χ0v) is 19.4. The Balaban J connectivity index is 1.52. The van der Waals surface area contributed by atoms with Crippen molar-refractivity contribution in [2.24, 2.45) is 7.05 Å². The lowest BCUT2D eigenvalue weighted by molar-refractivity contribution is -0.384. The van der Waals surface area contributed by atoms with E-state index in [1.54, 1.807) is 6.07 Å². The van der Waals surface area contributed by atoms with E-state index in [2.05, 4.69) is 11.0 Å². The molecule has 2 aliphatic rings. The average Bonchev–Trinajstić information content (AvgIpc) is 3.07. The summed E-state index contributed by atoms with van der Waals surface area (Å²) in [5.41, 5.74) is 3.31. The molecule has 2 heterocycles. The molecule has 2 aromatic rings. The van der Waals surface area contributed by atoms with E-state index in [0.717, 1.165) is 34.0 Å². The van der Waals surface area contributed by atoms with Crippen LogP contribution in [0.15, 0.2) is 47.7 Å². The van der Waals surface area contributed by atoms with Gasteiger partial charge in [0.2, 0.25) is 0 Å². The van der Waals surface area contributed by atoms with E-state index in [-0.39, 0.29) is 17.5 Å². The van der Waals surface area contributed by atoms with E-state index >= 15 is 0 Å². The van der Waals surface area contributed by atoms with Gasteiger partial charge in [-0.15, -0.1) is 0 Å². The van der Waals surface area contributed by atoms with Crippen LogP contribution in [-0.2, 0) is 7.05 Å². The van der Waals surface area contributed by atoms with Crippen molar-refractivity contribution in [3.63, 3.8) is 0 Å². The maximum Gasteiger partial charge on any atom is 0.271 e. The van der Waals surface area contributed by atoms with Gasteiger partial charge in [0.1, 0.15) is 0 Å². The van der Waals surface area contributed by atoms with Crippen LogP contribution in [-0.4, -0.2) is 46.5 Å². The van der Waals surface area contributed by atoms with Crippen molar-refractivity contribution < 1.29 is 9.72 Å². The second-order valence-electron chi connectivity index (χ2n) is 8.12. The van der Waals surface area contributed by atoms with E-state index in [9.17, 15) is 14.9 Å². The highest BCUT2D eigenvalue weighted by molar-refractivity contribution is 6.33. The third kappa shape index (κ3) is 4.14. The first-order valence-electron chi connectivity index (χ1n) is 10.4. The Labute approximate surface area is 196 Å². The smallest absolute Gasteiger partial charge is 0.271 e. The van der Waals surface area contributed by atoms with E-state index in [4.69, 9.17) is 23.2 Å². The maximum atomic E-state index is 13.5. The van der Waals surface area contributed by atoms with Crippen LogP contribution in [0.4, 0.5) is 11.4 Å². The van der Waals surface area contributed by atoms with E-state index in [1.165, 1.54) is 12.1 Å². The number of anilines is 1. The summed E-state index contributed by atoms with van der Waals surface area (Å²) in [6.45, 7) is 4.22. The number of benzene rings is 1. The fourth-order valence-corrected chi connectivity index (χ4v) is 5.08. The van der Waals surface area contributed by atoms with E-state index in [1.807, 2.05) is 41.8 Å². The Morgan fingerprint density at radius 2 is 1.91 bits per heavy atom. The number of piperazine rings is 1. The Morgan fingerprint density at radius 1 is 1.19 bits per heavy atom. The summed E-state index contributed by atoms with van der Waals surface area (Å²) in [5, 5.41) is 12.0. The van der Waals surface area contributed by atoms with Gasteiger partial charge in [-0.1, -0.05) is 35.4 Å². The second-order valence-corrected chi connectivity index (χ2v) is 8.97. The number of hydrogen-bond acceptors (Lipinski definition) is 4. The van der Waals surface area contributed by atoms with Gasteiger partial charge in [0.15, 0.2) is 0 Å². The van der Waals surface area contributed by atoms with Gasteiger partial charge in [-0.05, 0) is 31.1 Å². The molecule has 0 bridgehead atoms. The first-order chi connectivity index (χ1) is 15.3. The molecule has 0 spiro atoms. The Bertz CT molecular complexity index is 1130. The van der Waals surface area contributed by atoms with Crippen molar-refractivity contribution in [2.45, 2.75) is 19.3 Å². The molecule has 1 aliphatic carbocycles. The van der Waals surface area contributed by atoms with Crippen molar-refractivity contribution in [2.75, 3.05) is 31.1 Å². The second kappa shape index (κ2) is 9.00. The van der Waals surface area contributed by atoms with Crippen LogP contribution in [0.25, 0.3) is 0 Å². The van der Waals surface area contributed by atoms with Gasteiger partial charge in [-0.25, -0.2) is 0 Å². The minimum Gasteiger partial charge on any atom is -0.367 e. The number of aromatic nitrogens is 1. The standard InChI is InChI=1S/C23H24Cl2N4O3/c1-15-14-26(2)22(17-5-3-4-6-18(17)24)21(15)23(30)28-11-9-27(10-12-28)20-8-7-16(29(31)32)13-19(20)25/h3-4,6-8,13-14,17H,5,9-12H2,1-2H3. The first-order valence-corrected chi connectivity index (χ1v) is 11.2. The van der Waals surface area contributed by atoms with Crippen molar-refractivity contribution in [3.8, 4) is 0 Å². The van der Waals surface area contributed by atoms with Crippen molar-refractivity contribution in [3.05, 3.63) is 79.6 Å². The normalized spacial score (nSPS) is 18.6. The van der Waals surface area contributed by atoms with Crippen molar-refractivity contribution in [1.82, 2.24) is 9.47 Å². The Hall–Kier alpha value is -2.77. The summed E-state index contributed by atoms with van der Waals surface area (Å²) >= 11 is 12.8. The summed E-state index contributed by atoms with van der Waals surface area (Å²) in [7, 11) is 1.95. The number of carbonyl (C=O) groups excluding carboxylic acids is 1. The van der Waals surface area contributed by atoms with Gasteiger partial charge in [0.25, 0.3) is 11.6 Å². The highest BCUT2D eigenvalue weighted by atomic mass is 35.5. The minimum absolute atomic E-state index is 0.00608. The molecular weight excluding hydrogens is 451 g/mol. The largest absolute Gasteiger partial charge is 0.367 e. The van der Waals surface area contributed by atoms with Gasteiger partial charge < -0.3 is 14.4 Å². The SMILES string of the molecule is Cc1cn(C)c(C2CC=CC=C2Cl)c1C(=O)N1CCN(c2ccc([N+](=O)[O-])cc2Cl)CC1. The third-order valence-corrected chi connectivity index (χ3v) is 6.80. The molecule has 1 aliphatic heterocycles. The zero-order chi connectivity index (χ0) is 23.0. The van der Waals surface area contributed by atoms with E-state index < -0.39 is 4.92 Å². The predicted octanol–water partition coefficient (Wildman–Crippen LogP) is 5.02. The van der Waals surface area contributed by atoms with Gasteiger partial charge in [0.05, 0.1) is 21.2 Å². The third-order valence-electron chi connectivity index (χ3n) is 6.11. The summed E-state index contributed by atoms with van der Waals surface area (Å²) < 4.78 is 2.01. The molecule has 0 N–H and O–H groups in total. The summed E-state index contributed by atoms with van der Waals surface area (Å²) in [5.74, 6) is -0.0221. The number of rotatable bonds is 4. The van der Waals surface area contributed by atoms with Crippen LogP contribution < -0.4 is 4.90 Å². The summed E-state index contributed by atoms with van der Waals surface area (Å²) in [6.07, 6.45) is 8.65. The van der Waals surface area contributed by atoms with Crippen LogP contribution in [0.3, 0.4) is 0 Å². The fourth-order valence-electron chi connectivity index (χ4n) is 4.52. The molecule has 9 heteroatoms. The highest BCUT2D eigenvalue weighted by Gasteiger charge is 2.31. The molecule has 168 valence electrons. The van der Waals surface area contributed by atoms with E-state index in [0.29, 0.717) is 31.2 Å². The first kappa shape index (κ1) is 22.4. The molecule has 4 rings (SSSR count). The summed E-state index contributed by atoms with van der Waals surface area (Å²) in [4.78, 5) is 28.0. The number of nitrogens with zero attached hydrogens (tertiary/aromatic N) is 4. The number of hydrogen-bond donors (Lipinski definition) is 0. The number of carbonyl (C=O) groups is 1. The number of halogens is 2. The monoisotopic (exact) mass is 474 g/mol. The molecule has 1 atom stereocenters. The molecule has 1 aromatic heterocycles. The molecule has 7 nitrogen and oxygen atoms in total. The van der Waals surface area contributed by atoms with Gasteiger partial charge in [0, 0.05) is 68.2 Å². The molecule has 0 radical (unpaired) electrons. The number of nitro groups is 1. The maximum absolute atomic E-state index is 13.5. The van der Waals surface area contributed by atoms with Gasteiger partial charge in [-0.2, -0.15) is 0 Å². The lowest BCUT2D eigenvalue weighted by Gasteiger charge is -2.37. The van der Waals surface area contributed by atoms with Gasteiger partial charge >= 0.3 is 0 Å². The number of nitro benzene ring substituents is 1. The topological polar surface area (TPSA) is 71.6 Å². The number of amides is 1. The minimum atomic E-state index is -0.463. The molecule has 32 heavy (non-hydrogen) atoms. The van der Waals surface area contributed by atoms with Gasteiger partial charge in [-0.3, -0.25) is 14.9 Å². The van der Waals surface area contributed by atoms with Crippen molar-refractivity contribution in [1.29, 1.82) is 0 Å². The lowest BCUT2D eigenvalue weighted by Crippen LogP contribution is -2.49. The number of non-ortho nitro benzene ring substituents is 1. The molecule has 1 amide bonds. The van der Waals surface area contributed by atoms with Crippen molar-refractivity contribution >= 4 is 40.5 Å². The predicted molar refractivity (Wildman–Crippen MR) is 127 cm³/mol. The molecule has 1 aromatic carbocycles. The fraction of sp³-hybridized carbons (Fsp3) is 0.348. The Morgan fingerprint density at radius 3 is 2.53 bits per heavy atom. The molecule has 0 saturated carbocycles. The number of aryl methyl sites for hydroxylation is 2. The zero-order valence-electron chi connectivity index (χ0n) is 17.9. The molecule has 1 unspecified atom stereocenters. The average molecular weight is 475 g/mol. The lowest BCUT2D eigenvalue weighted by atomic mass is 9.92. The van der Waals surface area contributed by atoms with Crippen LogP contribution in [0.5, 0.6) is 0 Å². The quantitative estimate of drug-likeness (QED) is 0.460. The molecule has 1 saturated heterocycles. The van der Waals surface area contributed by atoms with Crippen LogP contribution in [0.1, 0.15) is 34.0 Å².